The van der Waals surface area contributed by atoms with E-state index >= 15 is 0 Å². The smallest absolute Gasteiger partial charge is 0.149 e. The molecule has 1 atom stereocenters. The molecule has 28 heavy (non-hydrogen) atoms. The number of rotatable bonds is 6. The molecule has 2 aromatic heterocycles. The standard InChI is InChI=1S/C20H25N7O/c21-18-8-15(19(22)20(23)26-18)6-14-9-25-27(12-14)11-13-2-1-3-16(7-13)28-17-4-5-24-10-17/h1-3,7-9,12,17,24H,4-6,10-11,22H2,(H4,21,23,26)/t17-/m1/s1. The number of nitrogens with zero attached hydrogens (tertiary/aromatic N) is 3. The fourth-order valence-corrected chi connectivity index (χ4v) is 3.43. The van der Waals surface area contributed by atoms with Gasteiger partial charge in [-0.25, -0.2) is 4.98 Å². The highest BCUT2D eigenvalue weighted by atomic mass is 16.5. The van der Waals surface area contributed by atoms with Crippen LogP contribution in [-0.2, 0) is 13.0 Å². The van der Waals surface area contributed by atoms with Crippen molar-refractivity contribution >= 4 is 17.3 Å². The lowest BCUT2D eigenvalue weighted by molar-refractivity contribution is 0.223. The lowest BCUT2D eigenvalue weighted by atomic mass is 10.1. The van der Waals surface area contributed by atoms with E-state index in [1.54, 1.807) is 6.07 Å². The van der Waals surface area contributed by atoms with Gasteiger partial charge in [-0.15, -0.1) is 0 Å². The van der Waals surface area contributed by atoms with Gasteiger partial charge in [0.25, 0.3) is 0 Å². The van der Waals surface area contributed by atoms with Crippen molar-refractivity contribution in [2.24, 2.45) is 0 Å². The number of nitrogens with one attached hydrogen (secondary N) is 1. The Bertz CT molecular complexity index is 963. The van der Waals surface area contributed by atoms with Crippen LogP contribution in [0.4, 0.5) is 17.3 Å². The largest absolute Gasteiger partial charge is 0.489 e. The van der Waals surface area contributed by atoms with Crippen LogP contribution in [0.1, 0.15) is 23.1 Å². The monoisotopic (exact) mass is 379 g/mol. The Balaban J connectivity index is 1.44. The molecular formula is C20H25N7O. The first-order chi connectivity index (χ1) is 13.6. The van der Waals surface area contributed by atoms with E-state index in [2.05, 4.69) is 27.5 Å². The van der Waals surface area contributed by atoms with E-state index in [9.17, 15) is 0 Å². The average Bonchev–Trinajstić information content (AvgIpc) is 3.32. The number of benzene rings is 1. The number of hydrogen-bond acceptors (Lipinski definition) is 7. The van der Waals surface area contributed by atoms with Gasteiger partial charge < -0.3 is 27.3 Å². The Morgan fingerprint density at radius 1 is 1.18 bits per heavy atom. The fourth-order valence-electron chi connectivity index (χ4n) is 3.43. The molecule has 0 radical (unpaired) electrons. The molecule has 7 N–H and O–H groups in total. The zero-order valence-electron chi connectivity index (χ0n) is 15.6. The fraction of sp³-hybridized carbons (Fsp3) is 0.300. The highest BCUT2D eigenvalue weighted by Crippen LogP contribution is 2.23. The first-order valence-corrected chi connectivity index (χ1v) is 9.35. The lowest BCUT2D eigenvalue weighted by Gasteiger charge is -2.13. The Morgan fingerprint density at radius 3 is 2.89 bits per heavy atom. The molecule has 8 heteroatoms. The van der Waals surface area contributed by atoms with Crippen molar-refractivity contribution in [1.82, 2.24) is 20.1 Å². The van der Waals surface area contributed by atoms with Gasteiger partial charge in [-0.1, -0.05) is 12.1 Å². The molecule has 1 aliphatic rings. The van der Waals surface area contributed by atoms with Gasteiger partial charge in [0.2, 0.25) is 0 Å². The van der Waals surface area contributed by atoms with E-state index in [4.69, 9.17) is 21.9 Å². The molecule has 0 amide bonds. The summed E-state index contributed by atoms with van der Waals surface area (Å²) >= 11 is 0. The van der Waals surface area contributed by atoms with Crippen LogP contribution in [0.5, 0.6) is 5.75 Å². The van der Waals surface area contributed by atoms with E-state index in [-0.39, 0.29) is 11.9 Å². The summed E-state index contributed by atoms with van der Waals surface area (Å²) in [4.78, 5) is 3.98. The third-order valence-electron chi connectivity index (χ3n) is 4.84. The topological polar surface area (TPSA) is 130 Å². The third kappa shape index (κ3) is 4.17. The molecule has 3 heterocycles. The maximum atomic E-state index is 6.04. The van der Waals surface area contributed by atoms with Crippen LogP contribution >= 0.6 is 0 Å². The molecule has 1 fully saturated rings. The molecule has 3 aromatic rings. The Labute approximate surface area is 163 Å². The zero-order valence-corrected chi connectivity index (χ0v) is 15.6. The van der Waals surface area contributed by atoms with E-state index in [1.807, 2.05) is 29.2 Å². The number of anilines is 3. The van der Waals surface area contributed by atoms with E-state index in [1.165, 1.54) is 0 Å². The van der Waals surface area contributed by atoms with Gasteiger partial charge in [-0.05, 0) is 47.9 Å². The Hall–Kier alpha value is -3.26. The van der Waals surface area contributed by atoms with Gasteiger partial charge in [0.05, 0.1) is 18.4 Å². The van der Waals surface area contributed by atoms with Crippen molar-refractivity contribution in [3.8, 4) is 5.75 Å². The molecule has 0 saturated carbocycles. The second-order valence-electron chi connectivity index (χ2n) is 7.11. The number of nitrogens with two attached hydrogens (primary N) is 3. The maximum Gasteiger partial charge on any atom is 0.149 e. The highest BCUT2D eigenvalue weighted by Gasteiger charge is 2.16. The molecule has 0 bridgehead atoms. The summed E-state index contributed by atoms with van der Waals surface area (Å²) in [6.07, 6.45) is 5.72. The summed E-state index contributed by atoms with van der Waals surface area (Å²) in [6.45, 7) is 2.58. The van der Waals surface area contributed by atoms with E-state index in [0.29, 0.717) is 24.5 Å². The molecule has 0 unspecified atom stereocenters. The molecule has 1 aliphatic heterocycles. The Kier molecular flexibility index (Phi) is 5.03. The van der Waals surface area contributed by atoms with Gasteiger partial charge in [-0.3, -0.25) is 4.68 Å². The lowest BCUT2D eigenvalue weighted by Crippen LogP contribution is -2.19. The second-order valence-corrected chi connectivity index (χ2v) is 7.11. The highest BCUT2D eigenvalue weighted by molar-refractivity contribution is 5.67. The molecule has 4 rings (SSSR count). The minimum Gasteiger partial charge on any atom is -0.489 e. The van der Waals surface area contributed by atoms with Crippen LogP contribution in [0, 0.1) is 0 Å². The van der Waals surface area contributed by atoms with E-state index < -0.39 is 0 Å². The summed E-state index contributed by atoms with van der Waals surface area (Å²) in [6, 6.07) is 9.91. The maximum absolute atomic E-state index is 6.04. The van der Waals surface area contributed by atoms with Crippen molar-refractivity contribution in [2.45, 2.75) is 25.5 Å². The van der Waals surface area contributed by atoms with Crippen LogP contribution in [0.2, 0.25) is 0 Å². The molecule has 0 aliphatic carbocycles. The van der Waals surface area contributed by atoms with Gasteiger partial charge >= 0.3 is 0 Å². The van der Waals surface area contributed by atoms with Crippen LogP contribution in [-0.4, -0.2) is 34.0 Å². The summed E-state index contributed by atoms with van der Waals surface area (Å²) in [5, 5.41) is 7.77. The molecule has 0 spiro atoms. The number of pyridine rings is 1. The van der Waals surface area contributed by atoms with Gasteiger partial charge in [0, 0.05) is 19.2 Å². The van der Waals surface area contributed by atoms with Crippen molar-refractivity contribution in [3.05, 3.63) is 59.4 Å². The quantitative estimate of drug-likeness (QED) is 0.509. The molecular weight excluding hydrogens is 354 g/mol. The van der Waals surface area contributed by atoms with Gasteiger partial charge in [-0.2, -0.15) is 5.10 Å². The zero-order chi connectivity index (χ0) is 19.5. The Morgan fingerprint density at radius 2 is 2.07 bits per heavy atom. The second kappa shape index (κ2) is 7.77. The van der Waals surface area contributed by atoms with E-state index in [0.717, 1.165) is 42.0 Å². The average molecular weight is 379 g/mol. The number of hydrogen-bond donors (Lipinski definition) is 4. The number of aromatic nitrogens is 3. The summed E-state index contributed by atoms with van der Waals surface area (Å²) in [5.74, 6) is 1.52. The summed E-state index contributed by atoms with van der Waals surface area (Å²) < 4.78 is 7.94. The molecule has 1 aromatic carbocycles. The number of ether oxygens (including phenoxy) is 1. The minimum absolute atomic E-state index is 0.247. The predicted molar refractivity (Wildman–Crippen MR) is 110 cm³/mol. The summed E-state index contributed by atoms with van der Waals surface area (Å²) in [5.41, 5.74) is 21.1. The SMILES string of the molecule is Nc1cc(Cc2cnn(Cc3cccc(O[C@@H]4CCNC4)c3)c2)c(N)c(N)n1. The van der Waals surface area contributed by atoms with Crippen LogP contribution in [0.3, 0.4) is 0 Å². The van der Waals surface area contributed by atoms with Crippen molar-refractivity contribution in [1.29, 1.82) is 0 Å². The normalized spacial score (nSPS) is 16.4. The minimum atomic E-state index is 0.247. The van der Waals surface area contributed by atoms with Gasteiger partial charge in [0.15, 0.2) is 0 Å². The van der Waals surface area contributed by atoms with Crippen LogP contribution in [0.25, 0.3) is 0 Å². The van der Waals surface area contributed by atoms with Crippen LogP contribution in [0.15, 0.2) is 42.7 Å². The van der Waals surface area contributed by atoms with Crippen LogP contribution < -0.4 is 27.3 Å². The first-order valence-electron chi connectivity index (χ1n) is 9.35. The van der Waals surface area contributed by atoms with Gasteiger partial charge in [0.1, 0.15) is 23.5 Å². The molecule has 8 nitrogen and oxygen atoms in total. The summed E-state index contributed by atoms with van der Waals surface area (Å²) in [7, 11) is 0. The van der Waals surface area contributed by atoms with Crippen molar-refractivity contribution < 1.29 is 4.74 Å². The number of nitrogen functional groups attached to an aromatic ring is 3. The molecule has 1 saturated heterocycles. The molecule has 146 valence electrons. The predicted octanol–water partition coefficient (Wildman–Crippen LogP) is 1.40. The first kappa shape index (κ1) is 18.1. The van der Waals surface area contributed by atoms with Crippen molar-refractivity contribution in [2.75, 3.05) is 30.3 Å². The third-order valence-corrected chi connectivity index (χ3v) is 4.84. The van der Waals surface area contributed by atoms with Crippen molar-refractivity contribution in [3.63, 3.8) is 0 Å².